The maximum absolute atomic E-state index is 9.96. The van der Waals surface area contributed by atoms with Crippen molar-refractivity contribution in [3.05, 3.63) is 45.4 Å². The van der Waals surface area contributed by atoms with Crippen LogP contribution < -0.4 is 4.74 Å². The topological polar surface area (TPSA) is 42.4 Å². The van der Waals surface area contributed by atoms with E-state index in [1.807, 2.05) is 38.1 Å². The van der Waals surface area contributed by atoms with E-state index in [0.717, 1.165) is 22.0 Å². The number of thiazole rings is 1. The Morgan fingerprint density at radius 1 is 1.32 bits per heavy atom. The molecule has 0 saturated carbocycles. The lowest BCUT2D eigenvalue weighted by atomic mass is 10.1. The second-order valence-corrected chi connectivity index (χ2v) is 5.79. The third-order valence-electron chi connectivity index (χ3n) is 3.09. The van der Waals surface area contributed by atoms with Gasteiger partial charge < -0.3 is 9.84 Å². The molecule has 0 aliphatic carbocycles. The SMILES string of the molecule is CC[C@@H](O)c1ccccc1OCc1nc(C)c(C)s1. The minimum absolute atomic E-state index is 0.451. The van der Waals surface area contributed by atoms with Gasteiger partial charge in [0.1, 0.15) is 17.4 Å². The van der Waals surface area contributed by atoms with Crippen LogP contribution in [0.5, 0.6) is 5.75 Å². The average molecular weight is 277 g/mol. The van der Waals surface area contributed by atoms with E-state index in [9.17, 15) is 5.11 Å². The lowest BCUT2D eigenvalue weighted by Gasteiger charge is -2.14. The molecule has 0 aliphatic rings. The van der Waals surface area contributed by atoms with Gasteiger partial charge in [-0.1, -0.05) is 25.1 Å². The van der Waals surface area contributed by atoms with E-state index in [1.165, 1.54) is 4.88 Å². The Kier molecular flexibility index (Phi) is 4.56. The van der Waals surface area contributed by atoms with Crippen LogP contribution in [0.1, 0.15) is 40.6 Å². The lowest BCUT2D eigenvalue weighted by molar-refractivity contribution is 0.166. The van der Waals surface area contributed by atoms with E-state index in [-0.39, 0.29) is 0 Å². The summed E-state index contributed by atoms with van der Waals surface area (Å²) in [7, 11) is 0. The molecule has 19 heavy (non-hydrogen) atoms. The Morgan fingerprint density at radius 3 is 2.68 bits per heavy atom. The number of rotatable bonds is 5. The van der Waals surface area contributed by atoms with Crippen molar-refractivity contribution in [2.24, 2.45) is 0 Å². The minimum Gasteiger partial charge on any atom is -0.486 e. The van der Waals surface area contributed by atoms with E-state index in [2.05, 4.69) is 11.9 Å². The van der Waals surface area contributed by atoms with Gasteiger partial charge in [0.05, 0.1) is 11.8 Å². The highest BCUT2D eigenvalue weighted by molar-refractivity contribution is 7.11. The highest BCUT2D eigenvalue weighted by atomic mass is 32.1. The third-order valence-corrected chi connectivity index (χ3v) is 4.14. The van der Waals surface area contributed by atoms with Crippen molar-refractivity contribution >= 4 is 11.3 Å². The molecular formula is C15H19NO2S. The van der Waals surface area contributed by atoms with Crippen LogP contribution in [0, 0.1) is 13.8 Å². The highest BCUT2D eigenvalue weighted by Crippen LogP contribution is 2.28. The molecule has 2 rings (SSSR count). The zero-order chi connectivity index (χ0) is 13.8. The van der Waals surface area contributed by atoms with Crippen molar-refractivity contribution in [1.29, 1.82) is 0 Å². The summed E-state index contributed by atoms with van der Waals surface area (Å²) in [5.41, 5.74) is 1.90. The van der Waals surface area contributed by atoms with Crippen LogP contribution in [0.3, 0.4) is 0 Å². The second kappa shape index (κ2) is 6.17. The average Bonchev–Trinajstić information content (AvgIpc) is 2.75. The van der Waals surface area contributed by atoms with Gasteiger partial charge in [-0.15, -0.1) is 11.3 Å². The van der Waals surface area contributed by atoms with Gasteiger partial charge in [0.25, 0.3) is 0 Å². The highest BCUT2D eigenvalue weighted by Gasteiger charge is 2.12. The molecule has 3 nitrogen and oxygen atoms in total. The third kappa shape index (κ3) is 3.33. The first-order valence-corrected chi connectivity index (χ1v) is 7.26. The zero-order valence-electron chi connectivity index (χ0n) is 11.5. The Balaban J connectivity index is 2.11. The second-order valence-electron chi connectivity index (χ2n) is 4.50. The minimum atomic E-state index is -0.476. The molecule has 0 amide bonds. The van der Waals surface area contributed by atoms with E-state index in [1.54, 1.807) is 11.3 Å². The van der Waals surface area contributed by atoms with E-state index in [0.29, 0.717) is 13.0 Å². The molecular weight excluding hydrogens is 258 g/mol. The molecule has 0 unspecified atom stereocenters. The summed E-state index contributed by atoms with van der Waals surface area (Å²) in [5.74, 6) is 0.738. The van der Waals surface area contributed by atoms with Crippen LogP contribution in [0.15, 0.2) is 24.3 Å². The Morgan fingerprint density at radius 2 is 2.05 bits per heavy atom. The number of aliphatic hydroxyl groups excluding tert-OH is 1. The van der Waals surface area contributed by atoms with Crippen molar-refractivity contribution in [1.82, 2.24) is 4.98 Å². The first kappa shape index (κ1) is 14.0. The maximum Gasteiger partial charge on any atom is 0.140 e. The number of benzene rings is 1. The number of aromatic nitrogens is 1. The number of hydrogen-bond acceptors (Lipinski definition) is 4. The number of aliphatic hydroxyl groups is 1. The van der Waals surface area contributed by atoms with Crippen LogP contribution in [0.2, 0.25) is 0 Å². The molecule has 1 N–H and O–H groups in total. The number of para-hydroxylation sites is 1. The van der Waals surface area contributed by atoms with Crippen molar-refractivity contribution in [3.63, 3.8) is 0 Å². The summed E-state index contributed by atoms with van der Waals surface area (Å²) < 4.78 is 5.80. The summed E-state index contributed by atoms with van der Waals surface area (Å²) >= 11 is 1.66. The molecule has 2 aromatic rings. The smallest absolute Gasteiger partial charge is 0.140 e. The summed E-state index contributed by atoms with van der Waals surface area (Å²) in [4.78, 5) is 5.67. The predicted octanol–water partition coefficient (Wildman–Crippen LogP) is 3.78. The fourth-order valence-corrected chi connectivity index (χ4v) is 2.69. The van der Waals surface area contributed by atoms with Gasteiger partial charge in [-0.25, -0.2) is 4.98 Å². The molecule has 0 aliphatic heterocycles. The van der Waals surface area contributed by atoms with Gasteiger partial charge in [0.15, 0.2) is 0 Å². The first-order valence-electron chi connectivity index (χ1n) is 6.44. The van der Waals surface area contributed by atoms with Gasteiger partial charge in [-0.05, 0) is 26.3 Å². The first-order chi connectivity index (χ1) is 9.11. The summed E-state index contributed by atoms with van der Waals surface area (Å²) in [6.45, 7) is 6.47. The summed E-state index contributed by atoms with van der Waals surface area (Å²) in [6, 6.07) is 7.63. The normalized spacial score (nSPS) is 12.4. The summed E-state index contributed by atoms with van der Waals surface area (Å²) in [6.07, 6.45) is 0.200. The molecule has 1 aromatic carbocycles. The Bertz CT molecular complexity index is 531. The molecule has 0 saturated heterocycles. The molecule has 0 bridgehead atoms. The van der Waals surface area contributed by atoms with E-state index >= 15 is 0 Å². The Hall–Kier alpha value is -1.39. The monoisotopic (exact) mass is 277 g/mol. The summed E-state index contributed by atoms with van der Waals surface area (Å²) in [5, 5.41) is 10.9. The van der Waals surface area contributed by atoms with Crippen molar-refractivity contribution in [2.75, 3.05) is 0 Å². The number of ether oxygens (including phenoxy) is 1. The van der Waals surface area contributed by atoms with Crippen LogP contribution in [0.25, 0.3) is 0 Å². The fourth-order valence-electron chi connectivity index (χ4n) is 1.85. The van der Waals surface area contributed by atoms with Crippen LogP contribution in [-0.2, 0) is 6.61 Å². The van der Waals surface area contributed by atoms with E-state index < -0.39 is 6.10 Å². The molecule has 0 fully saturated rings. The number of aryl methyl sites for hydroxylation is 2. The van der Waals surface area contributed by atoms with Gasteiger partial charge in [-0.2, -0.15) is 0 Å². The van der Waals surface area contributed by atoms with Crippen LogP contribution in [-0.4, -0.2) is 10.1 Å². The van der Waals surface area contributed by atoms with Crippen LogP contribution in [0.4, 0.5) is 0 Å². The number of nitrogens with zero attached hydrogens (tertiary/aromatic N) is 1. The van der Waals surface area contributed by atoms with Crippen LogP contribution >= 0.6 is 11.3 Å². The molecule has 0 radical (unpaired) electrons. The molecule has 4 heteroatoms. The largest absolute Gasteiger partial charge is 0.486 e. The van der Waals surface area contributed by atoms with Crippen molar-refractivity contribution < 1.29 is 9.84 Å². The van der Waals surface area contributed by atoms with E-state index in [4.69, 9.17) is 4.74 Å². The van der Waals surface area contributed by atoms with Gasteiger partial charge >= 0.3 is 0 Å². The molecule has 102 valence electrons. The quantitative estimate of drug-likeness (QED) is 0.904. The number of hydrogen-bond donors (Lipinski definition) is 1. The van der Waals surface area contributed by atoms with Gasteiger partial charge in [0.2, 0.25) is 0 Å². The maximum atomic E-state index is 9.96. The molecule has 0 spiro atoms. The lowest BCUT2D eigenvalue weighted by Crippen LogP contribution is -2.02. The van der Waals surface area contributed by atoms with Gasteiger partial charge in [0, 0.05) is 10.4 Å². The Labute approximate surface area is 117 Å². The standard InChI is InChI=1S/C15H19NO2S/c1-4-13(17)12-7-5-6-8-14(12)18-9-15-16-10(2)11(3)19-15/h5-8,13,17H,4,9H2,1-3H3/t13-/m1/s1. The van der Waals surface area contributed by atoms with Gasteiger partial charge in [-0.3, -0.25) is 0 Å². The fraction of sp³-hybridized carbons (Fsp3) is 0.400. The van der Waals surface area contributed by atoms with Crippen molar-refractivity contribution in [2.45, 2.75) is 39.9 Å². The molecule has 1 atom stereocenters. The predicted molar refractivity (Wildman–Crippen MR) is 77.6 cm³/mol. The molecule has 1 heterocycles. The zero-order valence-corrected chi connectivity index (χ0v) is 12.3. The molecule has 1 aromatic heterocycles. The van der Waals surface area contributed by atoms with Crippen molar-refractivity contribution in [3.8, 4) is 5.75 Å².